The van der Waals surface area contributed by atoms with E-state index in [2.05, 4.69) is 0 Å². The van der Waals surface area contributed by atoms with Gasteiger partial charge in [-0.2, -0.15) is 0 Å². The molecule has 3 atom stereocenters. The van der Waals surface area contributed by atoms with Crippen LogP contribution in [0.5, 0.6) is 0 Å². The van der Waals surface area contributed by atoms with Crippen LogP contribution in [0.15, 0.2) is 0 Å². The smallest absolute Gasteiger partial charge is 0.303 e. The summed E-state index contributed by atoms with van der Waals surface area (Å²) in [5.41, 5.74) is -0.643. The maximum absolute atomic E-state index is 12.0. The van der Waals surface area contributed by atoms with Gasteiger partial charge in [0, 0.05) is 13.3 Å². The van der Waals surface area contributed by atoms with Gasteiger partial charge in [0.05, 0.1) is 5.41 Å². The molecule has 3 aliphatic rings. The molecule has 3 nitrogen and oxygen atoms in total. The van der Waals surface area contributed by atoms with Crippen LogP contribution in [0.2, 0.25) is 0 Å². The summed E-state index contributed by atoms with van der Waals surface area (Å²) in [7, 11) is 0. The molecule has 0 saturated heterocycles. The number of hydrogen-bond donors (Lipinski definition) is 0. The zero-order valence-corrected chi connectivity index (χ0v) is 9.04. The summed E-state index contributed by atoms with van der Waals surface area (Å²) in [6, 6.07) is 0. The Bertz CT molecular complexity index is 349. The van der Waals surface area contributed by atoms with Crippen LogP contribution in [0.1, 0.15) is 45.4 Å². The molecule has 3 saturated carbocycles. The molecule has 0 radical (unpaired) electrons. The van der Waals surface area contributed by atoms with Crippen molar-refractivity contribution in [2.45, 2.75) is 51.0 Å². The highest BCUT2D eigenvalue weighted by Crippen LogP contribution is 2.70. The molecule has 0 bridgehead atoms. The topological polar surface area (TPSA) is 43.4 Å². The first-order valence-corrected chi connectivity index (χ1v) is 5.84. The molecular formula is C12H16O3. The maximum Gasteiger partial charge on any atom is 0.303 e. The largest absolute Gasteiger partial charge is 0.458 e. The Balaban J connectivity index is 1.98. The highest BCUT2D eigenvalue weighted by atomic mass is 16.6. The van der Waals surface area contributed by atoms with Crippen LogP contribution in [0.4, 0.5) is 0 Å². The minimum Gasteiger partial charge on any atom is -0.458 e. The third kappa shape index (κ3) is 0.876. The number of carbonyl (C=O) groups is 2. The van der Waals surface area contributed by atoms with Gasteiger partial charge in [-0.05, 0) is 38.0 Å². The van der Waals surface area contributed by atoms with Crippen LogP contribution < -0.4 is 0 Å². The summed E-state index contributed by atoms with van der Waals surface area (Å²) in [5, 5.41) is 0. The first-order chi connectivity index (χ1) is 7.11. The summed E-state index contributed by atoms with van der Waals surface area (Å²) < 4.78 is 5.51. The van der Waals surface area contributed by atoms with Gasteiger partial charge < -0.3 is 4.74 Å². The highest BCUT2D eigenvalue weighted by Gasteiger charge is 2.74. The second-order valence-electron chi connectivity index (χ2n) is 5.28. The minimum atomic E-state index is -0.392. The molecule has 0 aliphatic heterocycles. The van der Waals surface area contributed by atoms with Gasteiger partial charge in [-0.15, -0.1) is 0 Å². The Hall–Kier alpha value is -0.860. The summed E-state index contributed by atoms with van der Waals surface area (Å²) in [5.74, 6) is 0.638. The van der Waals surface area contributed by atoms with Crippen LogP contribution in [-0.2, 0) is 14.3 Å². The quantitative estimate of drug-likeness (QED) is 0.617. The molecule has 1 spiro atoms. The first-order valence-electron chi connectivity index (χ1n) is 5.84. The fourth-order valence-corrected chi connectivity index (χ4v) is 4.36. The van der Waals surface area contributed by atoms with Crippen LogP contribution in [0, 0.1) is 11.3 Å². The van der Waals surface area contributed by atoms with Gasteiger partial charge in [-0.25, -0.2) is 0 Å². The second-order valence-corrected chi connectivity index (χ2v) is 5.28. The lowest BCUT2D eigenvalue weighted by molar-refractivity contribution is -0.210. The fraction of sp³-hybridized carbons (Fsp3) is 0.833. The number of esters is 1. The monoisotopic (exact) mass is 208 g/mol. The van der Waals surface area contributed by atoms with E-state index in [1.165, 1.54) is 6.92 Å². The first kappa shape index (κ1) is 9.37. The number of rotatable bonds is 1. The Kier molecular flexibility index (Phi) is 1.64. The minimum absolute atomic E-state index is 0.227. The van der Waals surface area contributed by atoms with E-state index in [1.54, 1.807) is 0 Å². The number of ether oxygens (including phenoxy) is 1. The average molecular weight is 208 g/mol. The molecule has 3 rings (SSSR count). The van der Waals surface area contributed by atoms with E-state index in [-0.39, 0.29) is 11.4 Å². The third-order valence-electron chi connectivity index (χ3n) is 4.79. The van der Waals surface area contributed by atoms with Crippen molar-refractivity contribution in [3.05, 3.63) is 0 Å². The van der Waals surface area contributed by atoms with Crippen molar-refractivity contribution in [1.82, 2.24) is 0 Å². The molecule has 82 valence electrons. The predicted molar refractivity (Wildman–Crippen MR) is 53.1 cm³/mol. The van der Waals surface area contributed by atoms with E-state index in [1.807, 2.05) is 0 Å². The van der Waals surface area contributed by atoms with Crippen LogP contribution >= 0.6 is 0 Å². The summed E-state index contributed by atoms with van der Waals surface area (Å²) in [6.45, 7) is 1.45. The molecule has 3 fully saturated rings. The van der Waals surface area contributed by atoms with Crippen molar-refractivity contribution >= 4 is 11.8 Å². The van der Waals surface area contributed by atoms with Crippen molar-refractivity contribution in [2.75, 3.05) is 0 Å². The van der Waals surface area contributed by atoms with E-state index >= 15 is 0 Å². The predicted octanol–water partition coefficient (Wildman–Crippen LogP) is 1.84. The van der Waals surface area contributed by atoms with E-state index in [4.69, 9.17) is 4.74 Å². The standard InChI is InChI=1S/C12H16O3/c1-8(13)15-11-5-2-6-12(11)9(7-11)3-4-10(12)14/h9H,2-7H2,1H3. The molecule has 0 heterocycles. The molecule has 15 heavy (non-hydrogen) atoms. The van der Waals surface area contributed by atoms with Crippen molar-refractivity contribution in [3.8, 4) is 0 Å². The van der Waals surface area contributed by atoms with E-state index in [0.717, 1.165) is 32.1 Å². The molecule has 0 N–H and O–H groups in total. The van der Waals surface area contributed by atoms with Gasteiger partial charge in [0.25, 0.3) is 0 Å². The molecule has 0 aromatic rings. The van der Waals surface area contributed by atoms with Crippen LogP contribution in [0.3, 0.4) is 0 Å². The van der Waals surface area contributed by atoms with E-state index < -0.39 is 5.60 Å². The van der Waals surface area contributed by atoms with Crippen LogP contribution in [0.25, 0.3) is 0 Å². The molecular weight excluding hydrogens is 192 g/mol. The molecule has 3 unspecified atom stereocenters. The second kappa shape index (κ2) is 2.63. The van der Waals surface area contributed by atoms with Gasteiger partial charge in [0.2, 0.25) is 0 Å². The highest BCUT2D eigenvalue weighted by molar-refractivity contribution is 5.91. The lowest BCUT2D eigenvalue weighted by Crippen LogP contribution is -2.62. The Labute approximate surface area is 89.2 Å². The van der Waals surface area contributed by atoms with Gasteiger partial charge in [0.1, 0.15) is 11.4 Å². The van der Waals surface area contributed by atoms with Crippen molar-refractivity contribution in [2.24, 2.45) is 11.3 Å². The van der Waals surface area contributed by atoms with Crippen LogP contribution in [-0.4, -0.2) is 17.4 Å². The zero-order chi connectivity index (χ0) is 10.7. The summed E-state index contributed by atoms with van der Waals surface area (Å²) in [6.07, 6.45) is 5.53. The zero-order valence-electron chi connectivity index (χ0n) is 9.04. The third-order valence-corrected chi connectivity index (χ3v) is 4.79. The SMILES string of the molecule is CC(=O)OC12CCCC13C(=O)CCC3C2. The molecule has 0 aromatic heterocycles. The van der Waals surface area contributed by atoms with Crippen molar-refractivity contribution in [3.63, 3.8) is 0 Å². The molecule has 3 heteroatoms. The normalized spacial score (nSPS) is 47.0. The Morgan fingerprint density at radius 2 is 2.27 bits per heavy atom. The summed E-state index contributed by atoms with van der Waals surface area (Å²) in [4.78, 5) is 23.2. The van der Waals surface area contributed by atoms with E-state index in [0.29, 0.717) is 18.1 Å². The van der Waals surface area contributed by atoms with Gasteiger partial charge in [-0.1, -0.05) is 0 Å². The van der Waals surface area contributed by atoms with Gasteiger partial charge >= 0.3 is 5.97 Å². The van der Waals surface area contributed by atoms with Gasteiger partial charge in [-0.3, -0.25) is 9.59 Å². The van der Waals surface area contributed by atoms with Crippen molar-refractivity contribution < 1.29 is 14.3 Å². The number of Topliss-reactive ketones (excluding diaryl/α,β-unsaturated/α-hetero) is 1. The fourth-order valence-electron chi connectivity index (χ4n) is 4.36. The number of ketones is 1. The Morgan fingerprint density at radius 3 is 2.93 bits per heavy atom. The molecule has 0 amide bonds. The van der Waals surface area contributed by atoms with Gasteiger partial charge in [0.15, 0.2) is 0 Å². The summed E-state index contributed by atoms with van der Waals surface area (Å²) >= 11 is 0. The molecule has 3 aliphatic carbocycles. The number of hydrogen-bond acceptors (Lipinski definition) is 3. The lowest BCUT2D eigenvalue weighted by Gasteiger charge is -2.55. The van der Waals surface area contributed by atoms with E-state index in [9.17, 15) is 9.59 Å². The average Bonchev–Trinajstić information content (AvgIpc) is 2.55. The number of carbonyl (C=O) groups excluding carboxylic acids is 2. The lowest BCUT2D eigenvalue weighted by atomic mass is 9.52. The molecule has 0 aromatic carbocycles. The Morgan fingerprint density at radius 1 is 1.47 bits per heavy atom. The van der Waals surface area contributed by atoms with Crippen molar-refractivity contribution in [1.29, 1.82) is 0 Å². The maximum atomic E-state index is 12.0.